The summed E-state index contributed by atoms with van der Waals surface area (Å²) in [6.45, 7) is 0. The van der Waals surface area contributed by atoms with E-state index in [4.69, 9.17) is 5.73 Å². The summed E-state index contributed by atoms with van der Waals surface area (Å²) >= 11 is 5.05. The Labute approximate surface area is 120 Å². The fourth-order valence-corrected chi connectivity index (χ4v) is 3.89. The fourth-order valence-electron chi connectivity index (χ4n) is 2.41. The molecule has 0 unspecified atom stereocenters. The molecule has 0 bridgehead atoms. The van der Waals surface area contributed by atoms with Crippen molar-refractivity contribution in [2.24, 2.45) is 5.73 Å². The van der Waals surface area contributed by atoms with Crippen molar-refractivity contribution < 1.29 is 4.79 Å². The maximum atomic E-state index is 12.2. The lowest BCUT2D eigenvalue weighted by molar-refractivity contribution is -0.131. The summed E-state index contributed by atoms with van der Waals surface area (Å²) < 4.78 is 1.08. The lowest BCUT2D eigenvalue weighted by Gasteiger charge is -2.33. The van der Waals surface area contributed by atoms with Gasteiger partial charge in [-0.15, -0.1) is 11.3 Å². The Morgan fingerprint density at radius 2 is 2.11 bits per heavy atom. The van der Waals surface area contributed by atoms with Crippen LogP contribution in [0.5, 0.6) is 0 Å². The summed E-state index contributed by atoms with van der Waals surface area (Å²) in [5, 5.41) is 0. The number of thiophene rings is 1. The third kappa shape index (κ3) is 3.56. The molecule has 1 fully saturated rings. The average molecular weight is 331 g/mol. The molecule has 1 aromatic heterocycles. The number of nitrogens with zero attached hydrogens (tertiary/aromatic N) is 1. The largest absolute Gasteiger partial charge is 0.342 e. The summed E-state index contributed by atoms with van der Waals surface area (Å²) in [7, 11) is 1.92. The normalized spacial score (nSPS) is 23.9. The van der Waals surface area contributed by atoms with Gasteiger partial charge in [0.05, 0.1) is 10.2 Å². The van der Waals surface area contributed by atoms with Crippen LogP contribution in [-0.2, 0) is 11.2 Å². The number of nitrogens with two attached hydrogens (primary N) is 1. The number of halogens is 1. The zero-order valence-corrected chi connectivity index (χ0v) is 13.0. The van der Waals surface area contributed by atoms with Crippen LogP contribution < -0.4 is 5.73 Å². The van der Waals surface area contributed by atoms with Crippen molar-refractivity contribution in [1.29, 1.82) is 0 Å². The summed E-state index contributed by atoms with van der Waals surface area (Å²) in [5.41, 5.74) is 5.89. The summed E-state index contributed by atoms with van der Waals surface area (Å²) in [5.74, 6) is 0.213. The molecule has 18 heavy (non-hydrogen) atoms. The van der Waals surface area contributed by atoms with Crippen molar-refractivity contribution in [3.8, 4) is 0 Å². The van der Waals surface area contributed by atoms with E-state index in [9.17, 15) is 4.79 Å². The van der Waals surface area contributed by atoms with Gasteiger partial charge in [-0.1, -0.05) is 0 Å². The molecule has 1 aromatic rings. The van der Waals surface area contributed by atoms with Crippen LogP contribution in [0.2, 0.25) is 0 Å². The Morgan fingerprint density at radius 3 is 2.67 bits per heavy atom. The van der Waals surface area contributed by atoms with Crippen LogP contribution >= 0.6 is 27.3 Å². The van der Waals surface area contributed by atoms with Crippen LogP contribution in [0.25, 0.3) is 0 Å². The van der Waals surface area contributed by atoms with Crippen molar-refractivity contribution >= 4 is 33.2 Å². The van der Waals surface area contributed by atoms with Gasteiger partial charge < -0.3 is 10.6 Å². The Morgan fingerprint density at radius 1 is 1.44 bits per heavy atom. The van der Waals surface area contributed by atoms with Gasteiger partial charge in [0.1, 0.15) is 0 Å². The Kier molecular flexibility index (Phi) is 4.81. The Balaban J connectivity index is 1.88. The third-order valence-electron chi connectivity index (χ3n) is 3.64. The van der Waals surface area contributed by atoms with Crippen molar-refractivity contribution in [2.45, 2.75) is 44.2 Å². The highest BCUT2D eigenvalue weighted by Crippen LogP contribution is 2.25. The SMILES string of the molecule is CN(C(=O)Cc1ccc(Br)s1)C1CCC(N)CC1. The first-order valence-electron chi connectivity index (χ1n) is 6.31. The molecule has 0 spiro atoms. The summed E-state index contributed by atoms with van der Waals surface area (Å²) in [6.07, 6.45) is 4.66. The molecule has 100 valence electrons. The molecule has 0 aromatic carbocycles. The van der Waals surface area contributed by atoms with Crippen molar-refractivity contribution in [1.82, 2.24) is 4.90 Å². The number of carbonyl (C=O) groups excluding carboxylic acids is 1. The second-order valence-electron chi connectivity index (χ2n) is 4.96. The average Bonchev–Trinajstić information content (AvgIpc) is 2.75. The zero-order valence-electron chi connectivity index (χ0n) is 10.6. The van der Waals surface area contributed by atoms with Crippen LogP contribution in [0, 0.1) is 0 Å². The van der Waals surface area contributed by atoms with Crippen molar-refractivity contribution in [3.05, 3.63) is 20.8 Å². The number of rotatable bonds is 3. The predicted molar refractivity (Wildman–Crippen MR) is 78.7 cm³/mol. The Bertz CT molecular complexity index is 413. The van der Waals surface area contributed by atoms with E-state index >= 15 is 0 Å². The van der Waals surface area contributed by atoms with Gasteiger partial charge in [0, 0.05) is 24.0 Å². The monoisotopic (exact) mass is 330 g/mol. The van der Waals surface area contributed by atoms with Gasteiger partial charge in [0.25, 0.3) is 0 Å². The lowest BCUT2D eigenvalue weighted by atomic mass is 9.91. The van der Waals surface area contributed by atoms with Gasteiger partial charge >= 0.3 is 0 Å². The van der Waals surface area contributed by atoms with E-state index in [1.807, 2.05) is 24.1 Å². The smallest absolute Gasteiger partial charge is 0.227 e. The molecule has 2 rings (SSSR count). The molecule has 1 aliphatic rings. The maximum absolute atomic E-state index is 12.2. The van der Waals surface area contributed by atoms with E-state index in [0.717, 1.165) is 34.3 Å². The van der Waals surface area contributed by atoms with Crippen LogP contribution in [0.1, 0.15) is 30.6 Å². The van der Waals surface area contributed by atoms with Crippen LogP contribution in [0.3, 0.4) is 0 Å². The van der Waals surface area contributed by atoms with E-state index in [0.29, 0.717) is 18.5 Å². The molecule has 1 aliphatic carbocycles. The van der Waals surface area contributed by atoms with E-state index in [1.165, 1.54) is 0 Å². The highest BCUT2D eigenvalue weighted by atomic mass is 79.9. The molecule has 3 nitrogen and oxygen atoms in total. The number of carbonyl (C=O) groups is 1. The van der Waals surface area contributed by atoms with Gasteiger partial charge in [-0.3, -0.25) is 4.79 Å². The maximum Gasteiger partial charge on any atom is 0.227 e. The second kappa shape index (κ2) is 6.17. The third-order valence-corrected chi connectivity index (χ3v) is 5.26. The molecule has 0 radical (unpaired) electrons. The molecule has 1 amide bonds. The van der Waals surface area contributed by atoms with E-state index in [2.05, 4.69) is 15.9 Å². The predicted octanol–water partition coefficient (Wildman–Crippen LogP) is 2.78. The van der Waals surface area contributed by atoms with E-state index in [1.54, 1.807) is 11.3 Å². The second-order valence-corrected chi connectivity index (χ2v) is 7.50. The van der Waals surface area contributed by atoms with Gasteiger partial charge in [0.2, 0.25) is 5.91 Å². The minimum Gasteiger partial charge on any atom is -0.342 e. The van der Waals surface area contributed by atoms with Crippen molar-refractivity contribution in [3.63, 3.8) is 0 Å². The first-order valence-corrected chi connectivity index (χ1v) is 7.92. The molecular weight excluding hydrogens is 312 g/mol. The number of likely N-dealkylation sites (N-methyl/N-ethyl adjacent to an activating group) is 1. The lowest BCUT2D eigenvalue weighted by Crippen LogP contribution is -2.42. The molecule has 0 saturated heterocycles. The first-order chi connectivity index (χ1) is 8.56. The molecule has 0 aliphatic heterocycles. The quantitative estimate of drug-likeness (QED) is 0.926. The van der Waals surface area contributed by atoms with Gasteiger partial charge in [-0.2, -0.15) is 0 Å². The molecule has 5 heteroatoms. The number of amides is 1. The van der Waals surface area contributed by atoms with Gasteiger partial charge in [-0.05, 0) is 53.7 Å². The van der Waals surface area contributed by atoms with E-state index < -0.39 is 0 Å². The first kappa shape index (κ1) is 14.0. The molecule has 1 saturated carbocycles. The number of hydrogen-bond donors (Lipinski definition) is 1. The highest BCUT2D eigenvalue weighted by molar-refractivity contribution is 9.11. The van der Waals surface area contributed by atoms with Gasteiger partial charge in [0.15, 0.2) is 0 Å². The van der Waals surface area contributed by atoms with E-state index in [-0.39, 0.29) is 5.91 Å². The minimum absolute atomic E-state index is 0.213. The standard InChI is InChI=1S/C13H19BrN2OS/c1-16(10-4-2-9(15)3-5-10)13(17)8-11-6-7-12(14)18-11/h6-7,9-10H,2-5,8,15H2,1H3. The van der Waals surface area contributed by atoms with Crippen LogP contribution in [0.15, 0.2) is 15.9 Å². The highest BCUT2D eigenvalue weighted by Gasteiger charge is 2.25. The van der Waals surface area contributed by atoms with Crippen LogP contribution in [0.4, 0.5) is 0 Å². The minimum atomic E-state index is 0.213. The molecule has 1 heterocycles. The Hall–Kier alpha value is -0.390. The topological polar surface area (TPSA) is 46.3 Å². The summed E-state index contributed by atoms with van der Waals surface area (Å²) in [4.78, 5) is 15.2. The zero-order chi connectivity index (χ0) is 13.1. The fraction of sp³-hybridized carbons (Fsp3) is 0.615. The molecule has 2 N–H and O–H groups in total. The van der Waals surface area contributed by atoms with Gasteiger partial charge in [-0.25, -0.2) is 0 Å². The number of hydrogen-bond acceptors (Lipinski definition) is 3. The molecular formula is C13H19BrN2OS. The van der Waals surface area contributed by atoms with Crippen molar-refractivity contribution in [2.75, 3.05) is 7.05 Å². The van der Waals surface area contributed by atoms with Crippen LogP contribution in [-0.4, -0.2) is 29.9 Å². The summed E-state index contributed by atoms with van der Waals surface area (Å²) in [6, 6.07) is 4.71. The molecule has 0 atom stereocenters.